The molecule has 0 atom stereocenters. The van der Waals surface area contributed by atoms with Gasteiger partial charge in [0, 0.05) is 23.4 Å². The summed E-state index contributed by atoms with van der Waals surface area (Å²) < 4.78 is 46.8. The summed E-state index contributed by atoms with van der Waals surface area (Å²) in [5, 5.41) is 0. The number of alkyl halides is 3. The SMILES string of the molecule is Nc1ccc(-c2ccccc2)c(Oc2cccc(OC(F)(F)F)c2)c1. The van der Waals surface area contributed by atoms with Gasteiger partial charge < -0.3 is 15.2 Å². The van der Waals surface area contributed by atoms with E-state index in [1.165, 1.54) is 18.2 Å². The Morgan fingerprint density at radius 1 is 0.760 bits per heavy atom. The number of hydrogen-bond acceptors (Lipinski definition) is 3. The first kappa shape index (κ1) is 16.7. The van der Waals surface area contributed by atoms with E-state index in [1.807, 2.05) is 30.3 Å². The summed E-state index contributed by atoms with van der Waals surface area (Å²) in [6.45, 7) is 0. The number of benzene rings is 3. The molecule has 2 N–H and O–H groups in total. The second kappa shape index (κ2) is 6.76. The molecule has 3 aromatic rings. The second-order valence-electron chi connectivity index (χ2n) is 5.25. The molecule has 0 unspecified atom stereocenters. The molecule has 0 aliphatic heterocycles. The quantitative estimate of drug-likeness (QED) is 0.624. The molecule has 0 aromatic heterocycles. The largest absolute Gasteiger partial charge is 0.573 e. The minimum absolute atomic E-state index is 0.213. The van der Waals surface area contributed by atoms with Crippen LogP contribution in [0.1, 0.15) is 0 Å². The second-order valence-corrected chi connectivity index (χ2v) is 5.25. The molecule has 0 fully saturated rings. The molecule has 0 saturated heterocycles. The minimum Gasteiger partial charge on any atom is -0.457 e. The molecule has 6 heteroatoms. The maximum Gasteiger partial charge on any atom is 0.573 e. The number of nitrogen functional groups attached to an aromatic ring is 1. The van der Waals surface area contributed by atoms with Gasteiger partial charge in [0.25, 0.3) is 0 Å². The molecule has 0 radical (unpaired) electrons. The van der Waals surface area contributed by atoms with E-state index in [4.69, 9.17) is 10.5 Å². The lowest BCUT2D eigenvalue weighted by Crippen LogP contribution is -2.17. The zero-order valence-electron chi connectivity index (χ0n) is 13.0. The zero-order valence-corrected chi connectivity index (χ0v) is 13.0. The smallest absolute Gasteiger partial charge is 0.457 e. The van der Waals surface area contributed by atoms with Gasteiger partial charge >= 0.3 is 6.36 Å². The third-order valence-corrected chi connectivity index (χ3v) is 3.36. The lowest BCUT2D eigenvalue weighted by molar-refractivity contribution is -0.274. The Bertz CT molecular complexity index is 864. The maximum absolute atomic E-state index is 12.4. The van der Waals surface area contributed by atoms with Gasteiger partial charge in [-0.2, -0.15) is 0 Å². The van der Waals surface area contributed by atoms with E-state index < -0.39 is 6.36 Å². The van der Waals surface area contributed by atoms with Crippen molar-refractivity contribution in [2.75, 3.05) is 5.73 Å². The van der Waals surface area contributed by atoms with E-state index in [1.54, 1.807) is 24.3 Å². The lowest BCUT2D eigenvalue weighted by atomic mass is 10.0. The summed E-state index contributed by atoms with van der Waals surface area (Å²) in [6, 6.07) is 20.0. The van der Waals surface area contributed by atoms with Crippen LogP contribution in [0, 0.1) is 0 Å². The molecule has 0 saturated carbocycles. The van der Waals surface area contributed by atoms with Crippen molar-refractivity contribution < 1.29 is 22.6 Å². The molecule has 3 nitrogen and oxygen atoms in total. The highest BCUT2D eigenvalue weighted by atomic mass is 19.4. The van der Waals surface area contributed by atoms with Gasteiger partial charge in [-0.05, 0) is 29.8 Å². The summed E-state index contributed by atoms with van der Waals surface area (Å²) in [5.74, 6) is 0.301. The van der Waals surface area contributed by atoms with Gasteiger partial charge in [-0.25, -0.2) is 0 Å². The summed E-state index contributed by atoms with van der Waals surface area (Å²) in [4.78, 5) is 0. The van der Waals surface area contributed by atoms with Crippen LogP contribution in [0.4, 0.5) is 18.9 Å². The van der Waals surface area contributed by atoms with Gasteiger partial charge in [-0.15, -0.1) is 13.2 Å². The molecular weight excluding hydrogens is 331 g/mol. The number of anilines is 1. The third kappa shape index (κ3) is 4.44. The Hall–Kier alpha value is -3.15. The number of nitrogens with two attached hydrogens (primary N) is 1. The predicted octanol–water partition coefficient (Wildman–Crippen LogP) is 5.63. The Morgan fingerprint density at radius 2 is 1.48 bits per heavy atom. The number of ether oxygens (including phenoxy) is 2. The van der Waals surface area contributed by atoms with Gasteiger partial charge in [-0.1, -0.05) is 36.4 Å². The maximum atomic E-state index is 12.4. The Balaban J connectivity index is 1.93. The molecular formula is C19H14F3NO2. The highest BCUT2D eigenvalue weighted by molar-refractivity contribution is 5.73. The van der Waals surface area contributed by atoms with Gasteiger partial charge in [-0.3, -0.25) is 0 Å². The fourth-order valence-corrected chi connectivity index (χ4v) is 2.34. The molecule has 3 rings (SSSR count). The summed E-state index contributed by atoms with van der Waals surface area (Å²) in [5.41, 5.74) is 7.98. The molecule has 0 heterocycles. The highest BCUT2D eigenvalue weighted by Gasteiger charge is 2.31. The van der Waals surface area contributed by atoms with E-state index >= 15 is 0 Å². The first-order chi connectivity index (χ1) is 11.9. The molecule has 0 spiro atoms. The third-order valence-electron chi connectivity index (χ3n) is 3.36. The first-order valence-electron chi connectivity index (χ1n) is 7.39. The molecule has 128 valence electrons. The Kier molecular flexibility index (Phi) is 4.52. The molecule has 0 amide bonds. The molecule has 0 bridgehead atoms. The predicted molar refractivity (Wildman–Crippen MR) is 89.5 cm³/mol. The van der Waals surface area contributed by atoms with Crippen molar-refractivity contribution in [2.24, 2.45) is 0 Å². The number of halogens is 3. The average Bonchev–Trinajstić information content (AvgIpc) is 2.54. The van der Waals surface area contributed by atoms with Gasteiger partial charge in [0.05, 0.1) is 0 Å². The summed E-state index contributed by atoms with van der Waals surface area (Å²) in [6.07, 6.45) is -4.76. The first-order valence-corrected chi connectivity index (χ1v) is 7.39. The van der Waals surface area contributed by atoms with Crippen molar-refractivity contribution in [1.29, 1.82) is 0 Å². The van der Waals surface area contributed by atoms with Gasteiger partial charge in [0.15, 0.2) is 0 Å². The van der Waals surface area contributed by atoms with Crippen LogP contribution in [0.15, 0.2) is 72.8 Å². The van der Waals surface area contributed by atoms with Crippen molar-refractivity contribution in [3.8, 4) is 28.4 Å². The fraction of sp³-hybridized carbons (Fsp3) is 0.0526. The fourth-order valence-electron chi connectivity index (χ4n) is 2.34. The van der Waals surface area contributed by atoms with Crippen molar-refractivity contribution in [1.82, 2.24) is 0 Å². The van der Waals surface area contributed by atoms with E-state index in [0.717, 1.165) is 11.1 Å². The van der Waals surface area contributed by atoms with Crippen LogP contribution in [-0.2, 0) is 0 Å². The van der Waals surface area contributed by atoms with Gasteiger partial charge in [0.2, 0.25) is 0 Å². The van der Waals surface area contributed by atoms with E-state index in [0.29, 0.717) is 11.4 Å². The van der Waals surface area contributed by atoms with Crippen LogP contribution in [0.5, 0.6) is 17.2 Å². The lowest BCUT2D eigenvalue weighted by Gasteiger charge is -2.14. The van der Waals surface area contributed by atoms with Crippen LogP contribution in [0.25, 0.3) is 11.1 Å². The highest BCUT2D eigenvalue weighted by Crippen LogP contribution is 2.36. The molecule has 0 aliphatic carbocycles. The van der Waals surface area contributed by atoms with E-state index in [2.05, 4.69) is 4.74 Å². The molecule has 25 heavy (non-hydrogen) atoms. The Labute approximate surface area is 142 Å². The van der Waals surface area contributed by atoms with Crippen molar-refractivity contribution in [2.45, 2.75) is 6.36 Å². The summed E-state index contributed by atoms with van der Waals surface area (Å²) in [7, 11) is 0. The van der Waals surface area contributed by atoms with E-state index in [9.17, 15) is 13.2 Å². The monoisotopic (exact) mass is 345 g/mol. The minimum atomic E-state index is -4.76. The van der Waals surface area contributed by atoms with Crippen LogP contribution in [-0.4, -0.2) is 6.36 Å². The van der Waals surface area contributed by atoms with Crippen molar-refractivity contribution in [3.05, 3.63) is 72.8 Å². The number of rotatable bonds is 4. The standard InChI is InChI=1S/C19H14F3NO2/c20-19(21,22)25-16-8-4-7-15(12-16)24-18-11-14(23)9-10-17(18)13-5-2-1-3-6-13/h1-12H,23H2. The average molecular weight is 345 g/mol. The van der Waals surface area contributed by atoms with E-state index in [-0.39, 0.29) is 11.5 Å². The topological polar surface area (TPSA) is 44.5 Å². The van der Waals surface area contributed by atoms with Crippen LogP contribution < -0.4 is 15.2 Å². The van der Waals surface area contributed by atoms with Gasteiger partial charge in [0.1, 0.15) is 17.2 Å². The number of hydrogen-bond donors (Lipinski definition) is 1. The molecule has 0 aliphatic rings. The Morgan fingerprint density at radius 3 is 2.20 bits per heavy atom. The van der Waals surface area contributed by atoms with Crippen LogP contribution >= 0.6 is 0 Å². The van der Waals surface area contributed by atoms with Crippen LogP contribution in [0.3, 0.4) is 0 Å². The zero-order chi connectivity index (χ0) is 17.9. The van der Waals surface area contributed by atoms with Crippen molar-refractivity contribution in [3.63, 3.8) is 0 Å². The summed E-state index contributed by atoms with van der Waals surface area (Å²) >= 11 is 0. The van der Waals surface area contributed by atoms with Crippen molar-refractivity contribution >= 4 is 5.69 Å². The van der Waals surface area contributed by atoms with Crippen LogP contribution in [0.2, 0.25) is 0 Å². The molecule has 3 aromatic carbocycles. The normalized spacial score (nSPS) is 11.2.